The average molecular weight is 370 g/mol. The monoisotopic (exact) mass is 369 g/mol. The number of amides is 2. The van der Waals surface area contributed by atoms with Gasteiger partial charge >= 0.3 is 5.97 Å². The summed E-state index contributed by atoms with van der Waals surface area (Å²) in [5.41, 5.74) is 0. The Bertz CT molecular complexity index is 438. The zero-order chi connectivity index (χ0) is 19.2. The lowest BCUT2D eigenvalue weighted by molar-refractivity contribution is -0.172. The molecule has 1 rings (SSSR count). The maximum absolute atomic E-state index is 11.5. The minimum absolute atomic E-state index is 0.162. The van der Waals surface area contributed by atoms with Gasteiger partial charge < -0.3 is 5.11 Å². The number of aliphatic carboxylic acids is 1. The van der Waals surface area contributed by atoms with Gasteiger partial charge in [0.15, 0.2) is 0 Å². The molecule has 1 aliphatic rings. The van der Waals surface area contributed by atoms with Gasteiger partial charge in [-0.3, -0.25) is 19.6 Å². The number of hydrogen-bond acceptors (Lipinski definition) is 4. The number of hydroxylamine groups is 2. The highest BCUT2D eigenvalue weighted by Crippen LogP contribution is 2.23. The van der Waals surface area contributed by atoms with Gasteiger partial charge in [-0.15, -0.1) is 0 Å². The summed E-state index contributed by atoms with van der Waals surface area (Å²) < 4.78 is 0. The smallest absolute Gasteiger partial charge is 0.303 e. The molecular formula is C20H35NO5. The Labute approximate surface area is 156 Å². The van der Waals surface area contributed by atoms with E-state index < -0.39 is 17.8 Å². The van der Waals surface area contributed by atoms with Gasteiger partial charge in [-0.05, 0) is 12.8 Å². The Balaban J connectivity index is 1.78. The van der Waals surface area contributed by atoms with Gasteiger partial charge in [0.2, 0.25) is 0 Å². The summed E-state index contributed by atoms with van der Waals surface area (Å²) in [6.07, 6.45) is 16.1. The number of unbranched alkanes of at least 4 members (excludes halogenated alkanes) is 12. The minimum atomic E-state index is -0.691. The molecule has 150 valence electrons. The van der Waals surface area contributed by atoms with Gasteiger partial charge in [-0.1, -0.05) is 77.0 Å². The third-order valence-electron chi connectivity index (χ3n) is 5.16. The molecule has 1 aliphatic heterocycles. The largest absolute Gasteiger partial charge is 0.481 e. The number of hydrogen-bond donors (Lipinski definition) is 2. The Hall–Kier alpha value is -1.43. The second-order valence-electron chi connectivity index (χ2n) is 7.47. The number of rotatable bonds is 16. The molecule has 0 aliphatic carbocycles. The summed E-state index contributed by atoms with van der Waals surface area (Å²) in [6.45, 7) is 0. The Kier molecular flexibility index (Phi) is 11.9. The van der Waals surface area contributed by atoms with Crippen LogP contribution in [0.1, 0.15) is 103 Å². The molecule has 1 unspecified atom stereocenters. The van der Waals surface area contributed by atoms with Gasteiger partial charge in [0.05, 0.1) is 0 Å². The summed E-state index contributed by atoms with van der Waals surface area (Å²) in [5, 5.41) is 18.0. The van der Waals surface area contributed by atoms with Crippen molar-refractivity contribution in [3.63, 3.8) is 0 Å². The fourth-order valence-electron chi connectivity index (χ4n) is 3.52. The van der Waals surface area contributed by atoms with Crippen molar-refractivity contribution in [2.24, 2.45) is 5.92 Å². The zero-order valence-corrected chi connectivity index (χ0v) is 16.0. The van der Waals surface area contributed by atoms with Crippen LogP contribution in [-0.2, 0) is 14.4 Å². The van der Waals surface area contributed by atoms with Gasteiger partial charge in [-0.25, -0.2) is 0 Å². The highest BCUT2D eigenvalue weighted by atomic mass is 16.5. The number of carbonyl (C=O) groups excluding carboxylic acids is 2. The van der Waals surface area contributed by atoms with E-state index in [0.29, 0.717) is 12.8 Å². The standard InChI is InChI=1S/C20H35NO5/c22-18-16-17(20(25)21(18)26)14-12-10-8-6-4-2-1-3-5-7-9-11-13-15-19(23)24/h17,26H,1-16H2,(H,23,24). The molecule has 1 saturated heterocycles. The van der Waals surface area contributed by atoms with Crippen molar-refractivity contribution >= 4 is 17.8 Å². The molecule has 6 nitrogen and oxygen atoms in total. The van der Waals surface area contributed by atoms with Gasteiger partial charge in [0, 0.05) is 18.8 Å². The average Bonchev–Trinajstić information content (AvgIpc) is 2.85. The Morgan fingerprint density at radius 2 is 1.23 bits per heavy atom. The molecule has 0 aromatic rings. The van der Waals surface area contributed by atoms with Crippen molar-refractivity contribution in [1.29, 1.82) is 0 Å². The van der Waals surface area contributed by atoms with E-state index in [9.17, 15) is 19.6 Å². The van der Waals surface area contributed by atoms with E-state index in [4.69, 9.17) is 5.11 Å². The van der Waals surface area contributed by atoms with Crippen LogP contribution in [-0.4, -0.2) is 33.2 Å². The quantitative estimate of drug-likeness (QED) is 0.234. The lowest BCUT2D eigenvalue weighted by Gasteiger charge is -2.07. The summed E-state index contributed by atoms with van der Waals surface area (Å²) in [6, 6.07) is 0. The van der Waals surface area contributed by atoms with Crippen LogP contribution >= 0.6 is 0 Å². The SMILES string of the molecule is O=C(O)CCCCCCCCCCCCCCCC1CC(=O)N(O)C1=O. The predicted octanol–water partition coefficient (Wildman–Crippen LogP) is 4.69. The first-order valence-electron chi connectivity index (χ1n) is 10.3. The molecule has 0 saturated carbocycles. The maximum atomic E-state index is 11.5. The molecule has 1 heterocycles. The second-order valence-corrected chi connectivity index (χ2v) is 7.47. The molecule has 1 fully saturated rings. The van der Waals surface area contributed by atoms with Crippen LogP contribution in [0.3, 0.4) is 0 Å². The molecule has 6 heteroatoms. The minimum Gasteiger partial charge on any atom is -0.481 e. The van der Waals surface area contributed by atoms with E-state index in [1.165, 1.54) is 51.4 Å². The molecule has 0 radical (unpaired) electrons. The van der Waals surface area contributed by atoms with Crippen LogP contribution in [0.5, 0.6) is 0 Å². The van der Waals surface area contributed by atoms with Crippen LogP contribution in [0.2, 0.25) is 0 Å². The summed E-state index contributed by atoms with van der Waals surface area (Å²) in [5.74, 6) is -1.90. The number of imide groups is 1. The fourth-order valence-corrected chi connectivity index (χ4v) is 3.52. The molecule has 2 amide bonds. The maximum Gasteiger partial charge on any atom is 0.303 e. The molecule has 2 N–H and O–H groups in total. The first-order chi connectivity index (χ1) is 12.5. The van der Waals surface area contributed by atoms with Crippen molar-refractivity contribution in [2.45, 2.75) is 103 Å². The van der Waals surface area contributed by atoms with Gasteiger partial charge in [0.1, 0.15) is 0 Å². The van der Waals surface area contributed by atoms with E-state index in [0.717, 1.165) is 32.1 Å². The highest BCUT2D eigenvalue weighted by molar-refractivity contribution is 6.02. The van der Waals surface area contributed by atoms with E-state index >= 15 is 0 Å². The van der Waals surface area contributed by atoms with Crippen LogP contribution in [0, 0.1) is 5.92 Å². The first-order valence-corrected chi connectivity index (χ1v) is 10.3. The number of carboxylic acids is 1. The van der Waals surface area contributed by atoms with E-state index in [2.05, 4.69) is 0 Å². The topological polar surface area (TPSA) is 94.9 Å². The van der Waals surface area contributed by atoms with Crippen LogP contribution in [0.25, 0.3) is 0 Å². The fraction of sp³-hybridized carbons (Fsp3) is 0.850. The molecule has 0 bridgehead atoms. The number of nitrogens with zero attached hydrogens (tertiary/aromatic N) is 1. The number of carboxylic acid groups (broad SMARTS) is 1. The third kappa shape index (κ3) is 9.90. The summed E-state index contributed by atoms with van der Waals surface area (Å²) in [7, 11) is 0. The molecule has 26 heavy (non-hydrogen) atoms. The molecule has 0 spiro atoms. The van der Waals surface area contributed by atoms with E-state index in [1.54, 1.807) is 0 Å². The first kappa shape index (κ1) is 22.6. The van der Waals surface area contributed by atoms with Crippen LogP contribution < -0.4 is 0 Å². The molecule has 0 aromatic carbocycles. The number of carbonyl (C=O) groups is 3. The van der Waals surface area contributed by atoms with Crippen molar-refractivity contribution < 1.29 is 24.7 Å². The predicted molar refractivity (Wildman–Crippen MR) is 98.6 cm³/mol. The van der Waals surface area contributed by atoms with Crippen LogP contribution in [0.15, 0.2) is 0 Å². The molecule has 1 atom stereocenters. The van der Waals surface area contributed by atoms with E-state index in [-0.39, 0.29) is 17.4 Å². The second kappa shape index (κ2) is 13.7. The molecule has 0 aromatic heterocycles. The van der Waals surface area contributed by atoms with Crippen LogP contribution in [0.4, 0.5) is 0 Å². The van der Waals surface area contributed by atoms with Crippen molar-refractivity contribution in [1.82, 2.24) is 5.06 Å². The normalized spacial score (nSPS) is 17.3. The van der Waals surface area contributed by atoms with Crippen molar-refractivity contribution in [3.8, 4) is 0 Å². The lowest BCUT2D eigenvalue weighted by atomic mass is 9.98. The van der Waals surface area contributed by atoms with Crippen molar-refractivity contribution in [2.75, 3.05) is 0 Å². The summed E-state index contributed by atoms with van der Waals surface area (Å²) in [4.78, 5) is 33.1. The van der Waals surface area contributed by atoms with Crippen molar-refractivity contribution in [3.05, 3.63) is 0 Å². The lowest BCUT2D eigenvalue weighted by Crippen LogP contribution is -2.26. The van der Waals surface area contributed by atoms with Gasteiger partial charge in [0.25, 0.3) is 11.8 Å². The Morgan fingerprint density at radius 3 is 1.62 bits per heavy atom. The third-order valence-corrected chi connectivity index (χ3v) is 5.16. The molecular weight excluding hydrogens is 334 g/mol. The zero-order valence-electron chi connectivity index (χ0n) is 16.0. The summed E-state index contributed by atoms with van der Waals surface area (Å²) >= 11 is 0. The Morgan fingerprint density at radius 1 is 0.808 bits per heavy atom. The van der Waals surface area contributed by atoms with Gasteiger partial charge in [-0.2, -0.15) is 5.06 Å². The highest BCUT2D eigenvalue weighted by Gasteiger charge is 2.37. The van der Waals surface area contributed by atoms with E-state index in [1.807, 2.05) is 0 Å².